The van der Waals surface area contributed by atoms with E-state index in [1.165, 1.54) is 5.56 Å². The summed E-state index contributed by atoms with van der Waals surface area (Å²) in [5, 5.41) is 0. The number of benzene rings is 1. The first kappa shape index (κ1) is 14.6. The van der Waals surface area contributed by atoms with Gasteiger partial charge in [0.25, 0.3) is 0 Å². The summed E-state index contributed by atoms with van der Waals surface area (Å²) >= 11 is 5.72. The van der Waals surface area contributed by atoms with Crippen molar-refractivity contribution in [1.82, 2.24) is 4.90 Å². The number of ether oxygens (including phenoxy) is 2. The fourth-order valence-electron chi connectivity index (χ4n) is 4.25. The van der Waals surface area contributed by atoms with Crippen molar-refractivity contribution >= 4 is 17.4 Å². The molecular weight excluding hydrogens is 302 g/mol. The minimum absolute atomic E-state index is 0.0254. The van der Waals surface area contributed by atoms with Crippen LogP contribution >= 0.6 is 11.6 Å². The quantitative estimate of drug-likeness (QED) is 0.779. The van der Waals surface area contributed by atoms with Gasteiger partial charge in [-0.05, 0) is 12.0 Å². The number of ketones is 1. The first-order chi connectivity index (χ1) is 10.8. The van der Waals surface area contributed by atoms with E-state index in [0.29, 0.717) is 30.7 Å². The molecule has 0 aliphatic carbocycles. The largest absolute Gasteiger partial charge is 0.351 e. The van der Waals surface area contributed by atoms with Gasteiger partial charge in [-0.1, -0.05) is 30.3 Å². The SMILES string of the molecule is O=C1CC2O[C@H](OCCCl)[C@H]3C[C@@H]1N(Cc1ccccc1)[C@@H]23. The van der Waals surface area contributed by atoms with Crippen LogP contribution in [0.4, 0.5) is 0 Å². The van der Waals surface area contributed by atoms with Crippen molar-refractivity contribution in [1.29, 1.82) is 0 Å². The van der Waals surface area contributed by atoms with Gasteiger partial charge in [-0.25, -0.2) is 0 Å². The molecule has 3 saturated heterocycles. The summed E-state index contributed by atoms with van der Waals surface area (Å²) in [6.07, 6.45) is 1.14. The van der Waals surface area contributed by atoms with Gasteiger partial charge in [-0.3, -0.25) is 9.69 Å². The van der Waals surface area contributed by atoms with E-state index in [2.05, 4.69) is 17.0 Å². The van der Waals surface area contributed by atoms with Gasteiger partial charge in [0.05, 0.1) is 18.8 Å². The zero-order valence-corrected chi connectivity index (χ0v) is 13.1. The van der Waals surface area contributed by atoms with Crippen molar-refractivity contribution in [3.63, 3.8) is 0 Å². The van der Waals surface area contributed by atoms with Crippen LogP contribution in [0.3, 0.4) is 0 Å². The predicted molar refractivity (Wildman–Crippen MR) is 82.6 cm³/mol. The summed E-state index contributed by atoms with van der Waals surface area (Å²) in [6, 6.07) is 10.6. The molecule has 0 saturated carbocycles. The molecule has 0 aromatic heterocycles. The van der Waals surface area contributed by atoms with Gasteiger partial charge in [0, 0.05) is 30.8 Å². The van der Waals surface area contributed by atoms with E-state index in [1.54, 1.807) is 0 Å². The molecule has 0 N–H and O–H groups in total. The first-order valence-corrected chi connectivity index (χ1v) is 8.47. The lowest BCUT2D eigenvalue weighted by atomic mass is 9.96. The molecule has 118 valence electrons. The van der Waals surface area contributed by atoms with Crippen LogP contribution < -0.4 is 0 Å². The Balaban J connectivity index is 1.55. The van der Waals surface area contributed by atoms with Crippen LogP contribution in [0, 0.1) is 5.92 Å². The Labute approximate surface area is 135 Å². The molecule has 4 rings (SSSR count). The highest BCUT2D eigenvalue weighted by Crippen LogP contribution is 2.47. The van der Waals surface area contributed by atoms with E-state index < -0.39 is 0 Å². The van der Waals surface area contributed by atoms with Crippen LogP contribution in [0.5, 0.6) is 0 Å². The summed E-state index contributed by atoms with van der Waals surface area (Å²) in [5.41, 5.74) is 1.24. The summed E-state index contributed by atoms with van der Waals surface area (Å²) in [7, 11) is 0. The molecule has 5 atom stereocenters. The van der Waals surface area contributed by atoms with Gasteiger partial charge < -0.3 is 9.47 Å². The molecule has 2 bridgehead atoms. The van der Waals surface area contributed by atoms with Crippen molar-refractivity contribution < 1.29 is 14.3 Å². The van der Waals surface area contributed by atoms with Gasteiger partial charge in [0.15, 0.2) is 12.1 Å². The lowest BCUT2D eigenvalue weighted by molar-refractivity contribution is -0.164. The number of carbonyl (C=O) groups is 1. The van der Waals surface area contributed by atoms with Crippen molar-refractivity contribution in [2.75, 3.05) is 12.5 Å². The maximum Gasteiger partial charge on any atom is 0.162 e. The number of hydrogen-bond acceptors (Lipinski definition) is 4. The maximum absolute atomic E-state index is 12.4. The average Bonchev–Trinajstić information content (AvgIpc) is 3.00. The molecule has 1 aromatic rings. The van der Waals surface area contributed by atoms with Gasteiger partial charge >= 0.3 is 0 Å². The number of rotatable bonds is 5. The summed E-state index contributed by atoms with van der Waals surface area (Å²) in [4.78, 5) is 14.7. The molecule has 1 unspecified atom stereocenters. The number of piperidine rings is 1. The Morgan fingerprint density at radius 2 is 2.14 bits per heavy atom. The molecule has 0 amide bonds. The van der Waals surface area contributed by atoms with Crippen molar-refractivity contribution in [3.05, 3.63) is 35.9 Å². The number of halogens is 1. The zero-order chi connectivity index (χ0) is 15.1. The van der Waals surface area contributed by atoms with Crippen molar-refractivity contribution in [2.45, 2.75) is 43.9 Å². The van der Waals surface area contributed by atoms with E-state index in [1.807, 2.05) is 18.2 Å². The van der Waals surface area contributed by atoms with E-state index in [0.717, 1.165) is 13.0 Å². The molecule has 4 nitrogen and oxygen atoms in total. The number of Topliss-reactive ketones (excluding diaryl/α,β-unsaturated/α-hetero) is 1. The number of nitrogens with zero attached hydrogens (tertiary/aromatic N) is 1. The molecule has 5 heteroatoms. The Kier molecular flexibility index (Phi) is 3.95. The third-order valence-electron chi connectivity index (χ3n) is 5.10. The second-order valence-corrected chi connectivity index (χ2v) is 6.71. The van der Waals surface area contributed by atoms with Gasteiger partial charge in [-0.15, -0.1) is 11.6 Å². The lowest BCUT2D eigenvalue weighted by Crippen LogP contribution is -2.51. The molecule has 3 aliphatic heterocycles. The molecule has 0 radical (unpaired) electrons. The van der Waals surface area contributed by atoms with Crippen LogP contribution in [-0.4, -0.2) is 47.6 Å². The number of carbonyl (C=O) groups excluding carboxylic acids is 1. The second-order valence-electron chi connectivity index (χ2n) is 6.34. The van der Waals surface area contributed by atoms with E-state index >= 15 is 0 Å². The zero-order valence-electron chi connectivity index (χ0n) is 12.4. The molecular formula is C17H20ClNO3. The molecule has 22 heavy (non-hydrogen) atoms. The third kappa shape index (κ3) is 2.38. The van der Waals surface area contributed by atoms with Gasteiger partial charge in [0.2, 0.25) is 0 Å². The Morgan fingerprint density at radius 3 is 2.91 bits per heavy atom. The normalized spacial score (nSPS) is 37.0. The van der Waals surface area contributed by atoms with Crippen LogP contribution in [0.15, 0.2) is 30.3 Å². The monoisotopic (exact) mass is 321 g/mol. The molecule has 3 heterocycles. The van der Waals surface area contributed by atoms with Crippen LogP contribution in [0.1, 0.15) is 18.4 Å². The second kappa shape index (κ2) is 5.93. The van der Waals surface area contributed by atoms with Crippen LogP contribution in [-0.2, 0) is 20.8 Å². The molecule has 0 spiro atoms. The summed E-state index contributed by atoms with van der Waals surface area (Å²) in [6.45, 7) is 1.31. The fourth-order valence-corrected chi connectivity index (χ4v) is 4.34. The maximum atomic E-state index is 12.4. The highest BCUT2D eigenvalue weighted by molar-refractivity contribution is 6.17. The van der Waals surface area contributed by atoms with Crippen molar-refractivity contribution in [2.24, 2.45) is 5.92 Å². The van der Waals surface area contributed by atoms with E-state index in [4.69, 9.17) is 21.1 Å². The van der Waals surface area contributed by atoms with E-state index in [-0.39, 0.29) is 24.4 Å². The highest BCUT2D eigenvalue weighted by Gasteiger charge is 2.60. The third-order valence-corrected chi connectivity index (χ3v) is 5.25. The average molecular weight is 322 g/mol. The Hall–Kier alpha value is -0.940. The summed E-state index contributed by atoms with van der Waals surface area (Å²) < 4.78 is 11.8. The van der Waals surface area contributed by atoms with Gasteiger partial charge in [0.1, 0.15) is 0 Å². The highest BCUT2D eigenvalue weighted by atomic mass is 35.5. The lowest BCUT2D eigenvalue weighted by Gasteiger charge is -2.36. The standard InChI is InChI=1S/C17H20ClNO3/c18-6-7-21-17-12-8-13-14(20)9-15(22-17)16(12)19(13)10-11-4-2-1-3-5-11/h1-5,12-13,15-17H,6-10H2/t12-,13-,15?,16+,17-/m0/s1. The smallest absolute Gasteiger partial charge is 0.162 e. The first-order valence-electron chi connectivity index (χ1n) is 7.93. The van der Waals surface area contributed by atoms with Gasteiger partial charge in [-0.2, -0.15) is 0 Å². The number of hydrogen-bond donors (Lipinski definition) is 0. The summed E-state index contributed by atoms with van der Waals surface area (Å²) in [5.74, 6) is 1.07. The predicted octanol–water partition coefficient (Wildman–Crippen LogP) is 2.20. The molecule has 1 aromatic carbocycles. The number of fused-ring (bicyclic) bond motifs is 1. The minimum Gasteiger partial charge on any atom is -0.351 e. The Morgan fingerprint density at radius 1 is 1.32 bits per heavy atom. The van der Waals surface area contributed by atoms with Crippen LogP contribution in [0.25, 0.3) is 0 Å². The topological polar surface area (TPSA) is 38.8 Å². The molecule has 3 aliphatic rings. The Bertz CT molecular complexity index is 552. The fraction of sp³-hybridized carbons (Fsp3) is 0.588. The minimum atomic E-state index is -0.204. The van der Waals surface area contributed by atoms with E-state index in [9.17, 15) is 4.79 Å². The molecule has 3 fully saturated rings. The number of alkyl halides is 1. The van der Waals surface area contributed by atoms with Crippen LogP contribution in [0.2, 0.25) is 0 Å². The van der Waals surface area contributed by atoms with Crippen molar-refractivity contribution in [3.8, 4) is 0 Å².